The average Bonchev–Trinajstić information content (AvgIpc) is 1.59. The third-order valence-corrected chi connectivity index (χ3v) is 20.8. The van der Waals surface area contributed by atoms with E-state index in [0.29, 0.717) is 5.69 Å². The number of aromatic nitrogens is 3. The van der Waals surface area contributed by atoms with Gasteiger partial charge in [0, 0.05) is 76.8 Å². The fourth-order valence-electron chi connectivity index (χ4n) is 16.3. The predicted octanol–water partition coefficient (Wildman–Crippen LogP) is 22.3. The van der Waals surface area contributed by atoms with Crippen LogP contribution in [0.5, 0.6) is 0 Å². The van der Waals surface area contributed by atoms with Crippen LogP contribution >= 0.6 is 0 Å². The molecular weight excluding hydrogens is 1150 g/mol. The second-order valence-electron chi connectivity index (χ2n) is 29.4. The van der Waals surface area contributed by atoms with Crippen LogP contribution in [-0.4, -0.2) is 20.2 Å². The first-order chi connectivity index (χ1) is 49.4. The number of rotatable bonds is 4. The number of anilines is 3. The van der Waals surface area contributed by atoms with Crippen LogP contribution in [0.1, 0.15) is 90.0 Å². The average molecular weight is 1230 g/mol. The van der Waals surface area contributed by atoms with E-state index in [9.17, 15) is 8.22 Å². The standard InChI is InChI=1S/C90H71BN4/c1-88(2,3)56-43-46-78-71(47-56)72-50-58(90(7,8)9)51-74-86(72)94(78)81-53-80-82(68-39-26-38-67-63-34-19-17-32-61(63)60-31-16-18-33-62(60)64-35-20-25-42-77(64)93(80)84(67)68)87-83(81)91(74)73-45-44-59(92-75-40-23-21-36-65(75)66-37-22-24-41-76(66)92)52-79(73)95(87)85-69(54-27-12-10-13-28-54)48-57(89(4,5)6)49-70(85)55-29-14-11-15-30-55/h10-53H,1-9H3/i21D,22D,23D,24D,36D,37D,40D,41D. The minimum Gasteiger partial charge on any atom is -0.310 e. The zero-order valence-electron chi connectivity index (χ0n) is 62.7. The first kappa shape index (κ1) is 47.9. The van der Waals surface area contributed by atoms with E-state index in [4.69, 9.17) is 2.74 Å². The molecule has 2 aliphatic rings. The molecule has 19 rings (SSSR count). The number of hydrogen-bond acceptors (Lipinski definition) is 1. The summed E-state index contributed by atoms with van der Waals surface area (Å²) in [5, 5.41) is 11.1. The molecule has 5 heteroatoms. The molecule has 0 N–H and O–H groups in total. The Bertz CT molecular complexity index is 6590. The van der Waals surface area contributed by atoms with E-state index < -0.39 is 30.9 Å². The van der Waals surface area contributed by atoms with Gasteiger partial charge in [0.25, 0.3) is 6.71 Å². The van der Waals surface area contributed by atoms with E-state index in [0.717, 1.165) is 148 Å². The van der Waals surface area contributed by atoms with Crippen molar-refractivity contribution < 1.29 is 11.0 Å². The molecule has 0 saturated heterocycles. The lowest BCUT2D eigenvalue weighted by molar-refractivity contribution is 0.590. The third kappa shape index (κ3) is 7.96. The molecule has 0 atom stereocenters. The van der Waals surface area contributed by atoms with Crippen molar-refractivity contribution in [3.8, 4) is 33.6 Å². The molecule has 0 spiro atoms. The zero-order valence-corrected chi connectivity index (χ0v) is 54.7. The van der Waals surface area contributed by atoms with Crippen LogP contribution in [0.4, 0.5) is 17.1 Å². The number of para-hydroxylation sites is 4. The van der Waals surface area contributed by atoms with E-state index in [2.05, 4.69) is 289 Å². The van der Waals surface area contributed by atoms with Gasteiger partial charge >= 0.3 is 0 Å². The van der Waals surface area contributed by atoms with Crippen molar-refractivity contribution in [1.82, 2.24) is 13.5 Å². The summed E-state index contributed by atoms with van der Waals surface area (Å²) < 4.78 is 82.8. The largest absolute Gasteiger partial charge is 0.310 e. The van der Waals surface area contributed by atoms with Crippen LogP contribution < -0.4 is 21.3 Å². The maximum Gasteiger partial charge on any atom is 0.252 e. The molecule has 0 amide bonds. The highest BCUT2D eigenvalue weighted by molar-refractivity contribution is 7.00. The lowest BCUT2D eigenvalue weighted by atomic mass is 9.33. The molecule has 454 valence electrons. The Balaban J connectivity index is 1.12. The van der Waals surface area contributed by atoms with Gasteiger partial charge in [0.2, 0.25) is 0 Å². The van der Waals surface area contributed by atoms with Gasteiger partial charge < -0.3 is 18.4 Å². The van der Waals surface area contributed by atoms with Crippen LogP contribution in [0.2, 0.25) is 0 Å². The van der Waals surface area contributed by atoms with Gasteiger partial charge in [-0.1, -0.05) is 262 Å². The Labute approximate surface area is 565 Å². The fourth-order valence-corrected chi connectivity index (χ4v) is 16.3. The predicted molar refractivity (Wildman–Crippen MR) is 409 cm³/mol. The molecule has 6 heterocycles. The van der Waals surface area contributed by atoms with Gasteiger partial charge in [-0.3, -0.25) is 0 Å². The molecule has 0 unspecified atom stereocenters. The van der Waals surface area contributed by atoms with E-state index in [1.54, 1.807) is 4.57 Å². The van der Waals surface area contributed by atoms with Gasteiger partial charge in [-0.15, -0.1) is 0 Å². The first-order valence-corrected chi connectivity index (χ1v) is 33.2. The quantitative estimate of drug-likeness (QED) is 0.161. The summed E-state index contributed by atoms with van der Waals surface area (Å²) in [5.74, 6) is 0. The van der Waals surface area contributed by atoms with Crippen molar-refractivity contribution in [3.05, 3.63) is 283 Å². The number of fused-ring (bicyclic) bond motifs is 21. The van der Waals surface area contributed by atoms with Crippen LogP contribution in [0.3, 0.4) is 0 Å². The third-order valence-electron chi connectivity index (χ3n) is 20.8. The van der Waals surface area contributed by atoms with Crippen molar-refractivity contribution in [3.63, 3.8) is 0 Å². The summed E-state index contributed by atoms with van der Waals surface area (Å²) in [6.45, 7) is 20.1. The van der Waals surface area contributed by atoms with Gasteiger partial charge in [-0.25, -0.2) is 0 Å². The zero-order chi connectivity index (χ0) is 71.1. The highest BCUT2D eigenvalue weighted by Gasteiger charge is 2.46. The lowest BCUT2D eigenvalue weighted by Crippen LogP contribution is -2.60. The first-order valence-electron chi connectivity index (χ1n) is 37.2. The van der Waals surface area contributed by atoms with Crippen molar-refractivity contribution >= 4 is 143 Å². The topological polar surface area (TPSA) is 17.5 Å². The Morgan fingerprint density at radius 3 is 1.47 bits per heavy atom. The van der Waals surface area contributed by atoms with E-state index >= 15 is 0 Å². The van der Waals surface area contributed by atoms with E-state index in [-0.39, 0.29) is 62.2 Å². The minimum absolute atomic E-state index is 0.0205. The van der Waals surface area contributed by atoms with E-state index in [1.165, 1.54) is 11.1 Å². The summed E-state index contributed by atoms with van der Waals surface area (Å²) >= 11 is 0. The molecule has 0 radical (unpaired) electrons. The summed E-state index contributed by atoms with van der Waals surface area (Å²) in [5.41, 5.74) is 19.5. The van der Waals surface area contributed by atoms with E-state index in [1.807, 2.05) is 6.07 Å². The normalized spacial score (nSPS) is 14.5. The number of benzene rings is 13. The molecule has 0 saturated carbocycles. The summed E-state index contributed by atoms with van der Waals surface area (Å²) in [7, 11) is 0. The molecule has 13 aromatic carbocycles. The molecular formula is C90H71BN4. The van der Waals surface area contributed by atoms with Crippen LogP contribution in [-0.2, 0) is 16.2 Å². The van der Waals surface area contributed by atoms with Crippen LogP contribution in [0, 0.1) is 0 Å². The van der Waals surface area contributed by atoms with Gasteiger partial charge in [-0.05, 0) is 149 Å². The van der Waals surface area contributed by atoms with Gasteiger partial charge in [0.15, 0.2) is 0 Å². The number of hydrogen-bond donors (Lipinski definition) is 0. The van der Waals surface area contributed by atoms with Crippen LogP contribution in [0.25, 0.3) is 137 Å². The van der Waals surface area contributed by atoms with Crippen LogP contribution in [0.15, 0.2) is 267 Å². The molecule has 0 fully saturated rings. The van der Waals surface area contributed by atoms with Crippen molar-refractivity contribution in [2.24, 2.45) is 0 Å². The molecule has 17 aromatic rings. The lowest BCUT2D eigenvalue weighted by Gasteiger charge is -2.43. The number of nitrogens with zero attached hydrogens (tertiary/aromatic N) is 4. The second-order valence-corrected chi connectivity index (χ2v) is 29.4. The summed E-state index contributed by atoms with van der Waals surface area (Å²) in [4.78, 5) is 2.54. The SMILES string of the molecule is [2H]c1c([2H])c([2H])c2c(c1[2H])c1c([2H])c([2H])c([2H])c([2H])c1n2-c1ccc2c(c1)N(c1c(-c3ccccc3)cc(C(C)(C)C)cc1-c1ccccc1)c1c3c(cc4c1c1cccc5c6ccccc6c6ccccc6c6ccccc6n4c51)-n1c4ccc(C(C)(C)C)cc4c4cc(C(C)(C)C)cc(c41)B23. The van der Waals surface area contributed by atoms with Gasteiger partial charge in [0.1, 0.15) is 0 Å². The van der Waals surface area contributed by atoms with Gasteiger partial charge in [0.05, 0.1) is 55.4 Å². The molecule has 4 nitrogen and oxygen atoms in total. The second kappa shape index (κ2) is 19.8. The molecule has 4 aromatic heterocycles. The molecule has 2 aliphatic heterocycles. The monoisotopic (exact) mass is 1230 g/mol. The summed E-state index contributed by atoms with van der Waals surface area (Å²) in [6.07, 6.45) is 0. The Kier molecular flexibility index (Phi) is 10.0. The smallest absolute Gasteiger partial charge is 0.252 e. The highest BCUT2D eigenvalue weighted by atomic mass is 15.2. The maximum absolute atomic E-state index is 9.91. The molecule has 0 bridgehead atoms. The fraction of sp³-hybridized carbons (Fsp3) is 0.133. The minimum atomic E-state index is -0.491. The Morgan fingerprint density at radius 1 is 0.326 bits per heavy atom. The van der Waals surface area contributed by atoms with Crippen molar-refractivity contribution in [1.29, 1.82) is 0 Å². The van der Waals surface area contributed by atoms with Crippen molar-refractivity contribution in [2.45, 2.75) is 78.6 Å². The highest BCUT2D eigenvalue weighted by Crippen LogP contribution is 2.55. The van der Waals surface area contributed by atoms with Crippen molar-refractivity contribution in [2.75, 3.05) is 4.90 Å². The Morgan fingerprint density at radius 2 is 0.853 bits per heavy atom. The molecule has 0 aliphatic carbocycles. The Hall–Kier alpha value is -10.9. The van der Waals surface area contributed by atoms with Gasteiger partial charge in [-0.2, -0.15) is 0 Å². The maximum atomic E-state index is 9.91. The summed E-state index contributed by atoms with van der Waals surface area (Å²) in [6, 6.07) is 77.0. The molecule has 95 heavy (non-hydrogen) atoms.